The molecule has 34 heavy (non-hydrogen) atoms. The number of hydrogen-bond acceptors (Lipinski definition) is 5. The van der Waals surface area contributed by atoms with Crippen LogP contribution in [0.2, 0.25) is 0 Å². The summed E-state index contributed by atoms with van der Waals surface area (Å²) in [5.41, 5.74) is 2.29. The zero-order chi connectivity index (χ0) is 24.3. The van der Waals surface area contributed by atoms with Crippen molar-refractivity contribution in [1.82, 2.24) is 15.7 Å². The van der Waals surface area contributed by atoms with Gasteiger partial charge in [-0.25, -0.2) is 5.06 Å². The van der Waals surface area contributed by atoms with E-state index in [9.17, 15) is 19.6 Å². The van der Waals surface area contributed by atoms with Crippen LogP contribution in [0.4, 0.5) is 0 Å². The topological polar surface area (TPSA) is 108 Å². The third-order valence-electron chi connectivity index (χ3n) is 6.11. The van der Waals surface area contributed by atoms with Crippen LogP contribution in [0, 0.1) is 11.8 Å². The third-order valence-corrected chi connectivity index (χ3v) is 6.11. The minimum absolute atomic E-state index is 0.0462. The lowest BCUT2D eigenvalue weighted by Crippen LogP contribution is -2.43. The van der Waals surface area contributed by atoms with Crippen molar-refractivity contribution in [3.05, 3.63) is 54.1 Å². The minimum atomic E-state index is -0.531. The number of amides is 3. The van der Waals surface area contributed by atoms with E-state index in [0.717, 1.165) is 42.6 Å². The lowest BCUT2D eigenvalue weighted by molar-refractivity contribution is -0.155. The van der Waals surface area contributed by atoms with Crippen LogP contribution in [-0.4, -0.2) is 48.3 Å². The van der Waals surface area contributed by atoms with E-state index in [-0.39, 0.29) is 25.0 Å². The van der Waals surface area contributed by atoms with Crippen LogP contribution in [0.3, 0.4) is 0 Å². The maximum absolute atomic E-state index is 12.7. The molecule has 8 heteroatoms. The molecule has 3 N–H and O–H groups in total. The highest BCUT2D eigenvalue weighted by atomic mass is 16.5. The van der Waals surface area contributed by atoms with Crippen LogP contribution in [0.1, 0.15) is 49.4 Å². The summed E-state index contributed by atoms with van der Waals surface area (Å²) in [6, 6.07) is 14.9. The zero-order valence-corrected chi connectivity index (χ0v) is 19.5. The fourth-order valence-corrected chi connectivity index (χ4v) is 4.41. The van der Waals surface area contributed by atoms with Gasteiger partial charge in [0.15, 0.2) is 0 Å². The standard InChI is InChI=1S/C26H33N3O5/c1-2-34-24-12-6-10-21(15-24)20-9-5-11-22(14-20)25(31)27-17-28-26(32)23(16-29(33)18-30)13-19-7-3-4-8-19/h5-6,9-12,14-15,18-19,23,33H,2-4,7-8,13,16-17H2,1H3,(H,27,31)(H,28,32)/t23-/m1/s1. The first-order valence-corrected chi connectivity index (χ1v) is 11.8. The van der Waals surface area contributed by atoms with Crippen LogP contribution < -0.4 is 15.4 Å². The molecule has 1 atom stereocenters. The lowest BCUT2D eigenvalue weighted by atomic mass is 9.92. The number of carbonyl (C=O) groups is 3. The Morgan fingerprint density at radius 3 is 2.53 bits per heavy atom. The first kappa shape index (κ1) is 25.2. The fraction of sp³-hybridized carbons (Fsp3) is 0.423. The zero-order valence-electron chi connectivity index (χ0n) is 19.5. The second-order valence-corrected chi connectivity index (χ2v) is 8.58. The molecule has 2 aromatic rings. The van der Waals surface area contributed by atoms with Gasteiger partial charge < -0.3 is 15.4 Å². The summed E-state index contributed by atoms with van der Waals surface area (Å²) in [5.74, 6) is 0.0352. The van der Waals surface area contributed by atoms with Crippen LogP contribution in [0.25, 0.3) is 11.1 Å². The van der Waals surface area contributed by atoms with Crippen molar-refractivity contribution in [3.8, 4) is 16.9 Å². The molecule has 0 spiro atoms. The Labute approximate surface area is 200 Å². The maximum Gasteiger partial charge on any atom is 0.252 e. The van der Waals surface area contributed by atoms with Gasteiger partial charge in [0.2, 0.25) is 12.3 Å². The second-order valence-electron chi connectivity index (χ2n) is 8.58. The molecule has 0 heterocycles. The van der Waals surface area contributed by atoms with Crippen molar-refractivity contribution >= 4 is 18.2 Å². The molecule has 0 saturated heterocycles. The first-order valence-electron chi connectivity index (χ1n) is 11.8. The molecule has 0 radical (unpaired) electrons. The van der Waals surface area contributed by atoms with Gasteiger partial charge in [-0.2, -0.15) is 0 Å². The minimum Gasteiger partial charge on any atom is -0.494 e. The molecule has 1 aliphatic rings. The van der Waals surface area contributed by atoms with Gasteiger partial charge in [0, 0.05) is 5.56 Å². The third kappa shape index (κ3) is 7.31. The van der Waals surface area contributed by atoms with Crippen molar-refractivity contribution in [3.63, 3.8) is 0 Å². The Kier molecular flexibility index (Phi) is 9.46. The van der Waals surface area contributed by atoms with Gasteiger partial charge >= 0.3 is 0 Å². The fourth-order valence-electron chi connectivity index (χ4n) is 4.41. The number of rotatable bonds is 12. The highest BCUT2D eigenvalue weighted by Crippen LogP contribution is 2.30. The molecule has 0 aromatic heterocycles. The highest BCUT2D eigenvalue weighted by Gasteiger charge is 2.26. The van der Waals surface area contributed by atoms with Gasteiger partial charge in [-0.3, -0.25) is 19.6 Å². The average molecular weight is 468 g/mol. The molecule has 3 rings (SSSR count). The number of benzene rings is 2. The molecule has 1 saturated carbocycles. The van der Waals surface area contributed by atoms with Crippen LogP contribution in [0.15, 0.2) is 48.5 Å². The smallest absolute Gasteiger partial charge is 0.252 e. The molecule has 2 aromatic carbocycles. The predicted molar refractivity (Wildman–Crippen MR) is 128 cm³/mol. The molecule has 0 bridgehead atoms. The van der Waals surface area contributed by atoms with Gasteiger partial charge in [-0.1, -0.05) is 49.9 Å². The molecule has 8 nitrogen and oxygen atoms in total. The Morgan fingerprint density at radius 2 is 1.82 bits per heavy atom. The molecule has 1 fully saturated rings. The number of nitrogens with one attached hydrogen (secondary N) is 2. The summed E-state index contributed by atoms with van der Waals surface area (Å²) in [6.45, 7) is 2.39. The summed E-state index contributed by atoms with van der Waals surface area (Å²) in [5, 5.41) is 15.5. The highest BCUT2D eigenvalue weighted by molar-refractivity contribution is 5.95. The van der Waals surface area contributed by atoms with Gasteiger partial charge in [-0.05, 0) is 54.7 Å². The number of hydrogen-bond donors (Lipinski definition) is 3. The molecule has 1 aliphatic carbocycles. The molecular formula is C26H33N3O5. The van der Waals surface area contributed by atoms with E-state index in [4.69, 9.17) is 4.74 Å². The Bertz CT molecular complexity index is 974. The van der Waals surface area contributed by atoms with Crippen molar-refractivity contribution in [2.75, 3.05) is 19.8 Å². The normalized spacial score (nSPS) is 14.3. The summed E-state index contributed by atoms with van der Waals surface area (Å²) >= 11 is 0. The molecular weight excluding hydrogens is 434 g/mol. The molecule has 0 unspecified atom stereocenters. The van der Waals surface area contributed by atoms with Crippen molar-refractivity contribution in [2.45, 2.75) is 39.0 Å². The number of nitrogens with zero attached hydrogens (tertiary/aromatic N) is 1. The summed E-state index contributed by atoms with van der Waals surface area (Å²) < 4.78 is 5.56. The van der Waals surface area contributed by atoms with Gasteiger partial charge in [0.1, 0.15) is 5.75 Å². The lowest BCUT2D eigenvalue weighted by Gasteiger charge is -2.22. The van der Waals surface area contributed by atoms with E-state index in [1.807, 2.05) is 43.3 Å². The maximum atomic E-state index is 12.7. The Morgan fingerprint density at radius 1 is 1.12 bits per heavy atom. The van der Waals surface area contributed by atoms with Gasteiger partial charge in [-0.15, -0.1) is 0 Å². The number of hydroxylamine groups is 2. The second kappa shape index (κ2) is 12.7. The Balaban J connectivity index is 1.57. The van der Waals surface area contributed by atoms with E-state index in [1.165, 1.54) is 0 Å². The largest absolute Gasteiger partial charge is 0.494 e. The predicted octanol–water partition coefficient (Wildman–Crippen LogP) is 3.60. The van der Waals surface area contributed by atoms with Gasteiger partial charge in [0.05, 0.1) is 25.7 Å². The van der Waals surface area contributed by atoms with E-state index in [0.29, 0.717) is 36.0 Å². The van der Waals surface area contributed by atoms with Crippen LogP contribution in [-0.2, 0) is 9.59 Å². The van der Waals surface area contributed by atoms with Crippen molar-refractivity contribution in [1.29, 1.82) is 0 Å². The average Bonchev–Trinajstić information content (AvgIpc) is 3.37. The van der Waals surface area contributed by atoms with E-state index in [1.54, 1.807) is 12.1 Å². The van der Waals surface area contributed by atoms with Crippen molar-refractivity contribution in [2.24, 2.45) is 11.8 Å². The van der Waals surface area contributed by atoms with Crippen molar-refractivity contribution < 1.29 is 24.3 Å². The van der Waals surface area contributed by atoms with E-state index < -0.39 is 5.92 Å². The monoisotopic (exact) mass is 467 g/mol. The SMILES string of the molecule is CCOc1cccc(-c2cccc(C(=O)NCNC(=O)[C@H](CC3CCCC3)CN(O)C=O)c2)c1. The summed E-state index contributed by atoms with van der Waals surface area (Å²) in [6.07, 6.45) is 5.29. The first-order chi connectivity index (χ1) is 16.5. The summed E-state index contributed by atoms with van der Waals surface area (Å²) in [7, 11) is 0. The quantitative estimate of drug-likeness (QED) is 0.191. The van der Waals surface area contributed by atoms with E-state index >= 15 is 0 Å². The van der Waals surface area contributed by atoms with Gasteiger partial charge in [0.25, 0.3) is 5.91 Å². The van der Waals surface area contributed by atoms with Crippen LogP contribution >= 0.6 is 0 Å². The molecule has 3 amide bonds. The molecule has 0 aliphatic heterocycles. The van der Waals surface area contributed by atoms with Crippen LogP contribution in [0.5, 0.6) is 5.75 Å². The summed E-state index contributed by atoms with van der Waals surface area (Å²) in [4.78, 5) is 36.2. The molecule has 182 valence electrons. The number of ether oxygens (including phenoxy) is 1. The van der Waals surface area contributed by atoms with E-state index in [2.05, 4.69) is 10.6 Å². The number of carbonyl (C=O) groups excluding carboxylic acids is 3. The Hall–Kier alpha value is -3.39.